The topological polar surface area (TPSA) is 35.5 Å². The molecule has 1 aromatic heterocycles. The zero-order valence-corrected chi connectivity index (χ0v) is 16.9. The minimum absolute atomic E-state index is 0.199. The Hall–Kier alpha value is -3.15. The van der Waals surface area contributed by atoms with Gasteiger partial charge in [0.05, 0.1) is 0 Å². The molecular formula is C23H26FN5. The first-order chi connectivity index (χ1) is 14.1. The van der Waals surface area contributed by atoms with Gasteiger partial charge in [0.1, 0.15) is 23.3 Å². The number of nitrogens with zero attached hydrogens (tertiary/aromatic N) is 5. The van der Waals surface area contributed by atoms with Gasteiger partial charge < -0.3 is 14.7 Å². The lowest BCUT2D eigenvalue weighted by Crippen LogP contribution is -2.47. The smallest absolute Gasteiger partial charge is 0.138 e. The number of halogens is 1. The van der Waals surface area contributed by atoms with Crippen LogP contribution in [0.4, 0.5) is 27.4 Å². The summed E-state index contributed by atoms with van der Waals surface area (Å²) >= 11 is 0. The van der Waals surface area contributed by atoms with Crippen molar-refractivity contribution in [3.05, 3.63) is 72.3 Å². The van der Waals surface area contributed by atoms with Crippen molar-refractivity contribution in [3.8, 4) is 0 Å². The van der Waals surface area contributed by atoms with E-state index in [-0.39, 0.29) is 5.82 Å². The van der Waals surface area contributed by atoms with Crippen molar-refractivity contribution in [2.24, 2.45) is 0 Å². The largest absolute Gasteiger partial charge is 0.368 e. The lowest BCUT2D eigenvalue weighted by atomic mass is 10.2. The van der Waals surface area contributed by atoms with Crippen molar-refractivity contribution in [1.82, 2.24) is 9.97 Å². The molecule has 0 amide bonds. The fraction of sp³-hybridized carbons (Fsp3) is 0.304. The number of hydrogen-bond donors (Lipinski definition) is 0. The van der Waals surface area contributed by atoms with E-state index in [9.17, 15) is 4.39 Å². The number of piperazine rings is 1. The fourth-order valence-electron chi connectivity index (χ4n) is 3.77. The van der Waals surface area contributed by atoms with Gasteiger partial charge in [0.2, 0.25) is 0 Å². The van der Waals surface area contributed by atoms with Gasteiger partial charge in [-0.15, -0.1) is 0 Å². The minimum Gasteiger partial charge on any atom is -0.368 e. The highest BCUT2D eigenvalue weighted by Crippen LogP contribution is 2.27. The molecule has 1 aliphatic heterocycles. The first-order valence-electron chi connectivity index (χ1n) is 10.1. The van der Waals surface area contributed by atoms with Gasteiger partial charge in [-0.3, -0.25) is 0 Å². The van der Waals surface area contributed by atoms with Gasteiger partial charge in [0.15, 0.2) is 0 Å². The van der Waals surface area contributed by atoms with E-state index in [4.69, 9.17) is 4.98 Å². The maximum absolute atomic E-state index is 13.2. The first-order valence-corrected chi connectivity index (χ1v) is 10.1. The number of aryl methyl sites for hydroxylation is 1. The second-order valence-electron chi connectivity index (χ2n) is 7.16. The van der Waals surface area contributed by atoms with Crippen molar-refractivity contribution < 1.29 is 4.39 Å². The van der Waals surface area contributed by atoms with Crippen molar-refractivity contribution in [2.45, 2.75) is 13.8 Å². The number of aromatic nitrogens is 2. The first kappa shape index (κ1) is 19.2. The summed E-state index contributed by atoms with van der Waals surface area (Å²) < 4.78 is 13.2. The Balaban J connectivity index is 1.52. The molecule has 0 bridgehead atoms. The SMILES string of the molecule is CCN(c1ccccc1)c1cc(N2CCN(c3ccc(F)cc3)CC2)nc(C)n1. The molecule has 6 heteroatoms. The van der Waals surface area contributed by atoms with Crippen molar-refractivity contribution in [3.63, 3.8) is 0 Å². The molecule has 2 heterocycles. The van der Waals surface area contributed by atoms with Gasteiger partial charge in [0.25, 0.3) is 0 Å². The second-order valence-corrected chi connectivity index (χ2v) is 7.16. The molecule has 150 valence electrons. The zero-order chi connectivity index (χ0) is 20.2. The number of anilines is 4. The Labute approximate surface area is 171 Å². The van der Waals surface area contributed by atoms with E-state index in [2.05, 4.69) is 44.8 Å². The maximum Gasteiger partial charge on any atom is 0.138 e. The Morgan fingerprint density at radius 2 is 1.55 bits per heavy atom. The molecule has 1 aliphatic rings. The summed E-state index contributed by atoms with van der Waals surface area (Å²) in [6, 6.07) is 19.1. The van der Waals surface area contributed by atoms with Crippen molar-refractivity contribution in [2.75, 3.05) is 47.4 Å². The molecule has 2 aromatic carbocycles. The average Bonchev–Trinajstić information content (AvgIpc) is 2.75. The molecule has 0 radical (unpaired) electrons. The summed E-state index contributed by atoms with van der Waals surface area (Å²) in [5.74, 6) is 2.45. The predicted molar refractivity (Wildman–Crippen MR) is 117 cm³/mol. The zero-order valence-electron chi connectivity index (χ0n) is 16.9. The molecule has 4 rings (SSSR count). The van der Waals surface area contributed by atoms with Gasteiger partial charge in [-0.25, -0.2) is 14.4 Å². The lowest BCUT2D eigenvalue weighted by molar-refractivity contribution is 0.624. The molecule has 0 unspecified atom stereocenters. The normalized spacial score (nSPS) is 14.2. The molecule has 0 atom stereocenters. The second kappa shape index (κ2) is 8.47. The Morgan fingerprint density at radius 1 is 0.897 bits per heavy atom. The van der Waals surface area contributed by atoms with E-state index in [1.54, 1.807) is 0 Å². The van der Waals surface area contributed by atoms with Crippen LogP contribution in [0.15, 0.2) is 60.7 Å². The quantitative estimate of drug-likeness (QED) is 0.644. The van der Waals surface area contributed by atoms with Crippen LogP contribution in [0.1, 0.15) is 12.7 Å². The van der Waals surface area contributed by atoms with Gasteiger partial charge in [0, 0.05) is 50.2 Å². The molecule has 0 spiro atoms. The van der Waals surface area contributed by atoms with Crippen molar-refractivity contribution in [1.29, 1.82) is 0 Å². The van der Waals surface area contributed by atoms with Crippen molar-refractivity contribution >= 4 is 23.0 Å². The number of benzene rings is 2. The van der Waals surface area contributed by atoms with Crippen LogP contribution in [0.25, 0.3) is 0 Å². The van der Waals surface area contributed by atoms with E-state index in [0.717, 1.165) is 61.6 Å². The van der Waals surface area contributed by atoms with Crippen LogP contribution >= 0.6 is 0 Å². The van der Waals surface area contributed by atoms with Gasteiger partial charge in [-0.05, 0) is 50.2 Å². The van der Waals surface area contributed by atoms with E-state index in [0.29, 0.717) is 0 Å². The van der Waals surface area contributed by atoms with E-state index in [1.807, 2.05) is 37.3 Å². The highest BCUT2D eigenvalue weighted by atomic mass is 19.1. The Kier molecular flexibility index (Phi) is 5.60. The van der Waals surface area contributed by atoms with Crippen LogP contribution in [0.2, 0.25) is 0 Å². The summed E-state index contributed by atoms with van der Waals surface area (Å²) in [7, 11) is 0. The molecule has 1 saturated heterocycles. The minimum atomic E-state index is -0.199. The van der Waals surface area contributed by atoms with Crippen LogP contribution in [0.5, 0.6) is 0 Å². The summed E-state index contributed by atoms with van der Waals surface area (Å²) in [6.07, 6.45) is 0. The summed E-state index contributed by atoms with van der Waals surface area (Å²) in [6.45, 7) is 8.39. The van der Waals surface area contributed by atoms with Crippen LogP contribution in [-0.4, -0.2) is 42.7 Å². The molecule has 0 saturated carbocycles. The lowest BCUT2D eigenvalue weighted by Gasteiger charge is -2.37. The van der Waals surface area contributed by atoms with Gasteiger partial charge in [-0.2, -0.15) is 0 Å². The third kappa shape index (κ3) is 4.31. The standard InChI is InChI=1S/C23H26FN5/c1-3-29(21-7-5-4-6-8-21)23-17-22(25-18(2)26-23)28-15-13-27(14-16-28)20-11-9-19(24)10-12-20/h4-12,17H,3,13-16H2,1-2H3. The maximum atomic E-state index is 13.2. The summed E-state index contributed by atoms with van der Waals surface area (Å²) in [4.78, 5) is 16.2. The Bertz CT molecular complexity index is 937. The highest BCUT2D eigenvalue weighted by molar-refractivity contribution is 5.63. The molecule has 0 aliphatic carbocycles. The number of rotatable bonds is 5. The summed E-state index contributed by atoms with van der Waals surface area (Å²) in [5.41, 5.74) is 2.19. The molecular weight excluding hydrogens is 365 g/mol. The Morgan fingerprint density at radius 3 is 2.21 bits per heavy atom. The third-order valence-electron chi connectivity index (χ3n) is 5.27. The fourth-order valence-corrected chi connectivity index (χ4v) is 3.77. The van der Waals surface area contributed by atoms with E-state index < -0.39 is 0 Å². The predicted octanol–water partition coefficient (Wildman–Crippen LogP) is 4.41. The highest BCUT2D eigenvalue weighted by Gasteiger charge is 2.20. The molecule has 5 nitrogen and oxygen atoms in total. The van der Waals surface area contributed by atoms with E-state index in [1.165, 1.54) is 12.1 Å². The van der Waals surface area contributed by atoms with Crippen LogP contribution < -0.4 is 14.7 Å². The average molecular weight is 391 g/mol. The number of hydrogen-bond acceptors (Lipinski definition) is 5. The molecule has 29 heavy (non-hydrogen) atoms. The van der Waals surface area contributed by atoms with Gasteiger partial charge in [-0.1, -0.05) is 18.2 Å². The van der Waals surface area contributed by atoms with E-state index >= 15 is 0 Å². The van der Waals surface area contributed by atoms with Gasteiger partial charge >= 0.3 is 0 Å². The van der Waals surface area contributed by atoms with Crippen LogP contribution in [0, 0.1) is 12.7 Å². The molecule has 3 aromatic rings. The molecule has 1 fully saturated rings. The molecule has 0 N–H and O–H groups in total. The van der Waals surface area contributed by atoms with Crippen LogP contribution in [0.3, 0.4) is 0 Å². The summed E-state index contributed by atoms with van der Waals surface area (Å²) in [5, 5.41) is 0. The number of para-hydroxylation sites is 1. The monoisotopic (exact) mass is 391 g/mol. The third-order valence-corrected chi connectivity index (χ3v) is 5.27. The van der Waals surface area contributed by atoms with Crippen LogP contribution in [-0.2, 0) is 0 Å².